The van der Waals surface area contributed by atoms with Crippen LogP contribution in [0.2, 0.25) is 0 Å². The maximum Gasteiger partial charge on any atom is 0.125 e. The highest BCUT2D eigenvalue weighted by Gasteiger charge is 2.32. The van der Waals surface area contributed by atoms with Gasteiger partial charge in [0.05, 0.1) is 0 Å². The van der Waals surface area contributed by atoms with Crippen molar-refractivity contribution in [1.82, 2.24) is 0 Å². The number of likely N-dealkylation sites (N-methyl/N-ethyl adjacent to an activating group) is 1. The zero-order valence-corrected chi connectivity index (χ0v) is 12.2. The van der Waals surface area contributed by atoms with Crippen LogP contribution >= 0.6 is 11.6 Å². The molecular weight excluding hydrogens is 258 g/mol. The molecular formula is C16H18ClNO. The Bertz CT molecular complexity index is 651. The summed E-state index contributed by atoms with van der Waals surface area (Å²) < 4.78 is 0. The van der Waals surface area contributed by atoms with E-state index in [0.29, 0.717) is 11.7 Å². The molecule has 3 heteroatoms. The molecule has 0 saturated carbocycles. The van der Waals surface area contributed by atoms with Crippen molar-refractivity contribution >= 4 is 28.1 Å². The summed E-state index contributed by atoms with van der Waals surface area (Å²) in [6, 6.07) is 7.93. The average molecular weight is 276 g/mol. The van der Waals surface area contributed by atoms with Crippen molar-refractivity contribution in [3.8, 4) is 5.75 Å². The van der Waals surface area contributed by atoms with Gasteiger partial charge in [-0.05, 0) is 30.4 Å². The molecule has 0 aromatic heterocycles. The first-order valence-corrected chi connectivity index (χ1v) is 7.04. The van der Waals surface area contributed by atoms with E-state index < -0.39 is 0 Å². The Kier molecular flexibility index (Phi) is 2.86. The van der Waals surface area contributed by atoms with Gasteiger partial charge in [-0.2, -0.15) is 0 Å². The fourth-order valence-corrected chi connectivity index (χ4v) is 3.41. The molecule has 0 aliphatic carbocycles. The summed E-state index contributed by atoms with van der Waals surface area (Å²) in [6.45, 7) is 5.05. The number of anilines is 1. The SMILES string of the molecule is Cc1cccc2c(O)cc3c(c12)C(C(C)Cl)CN3C. The summed E-state index contributed by atoms with van der Waals surface area (Å²) in [4.78, 5) is 2.18. The first-order valence-electron chi connectivity index (χ1n) is 6.61. The second-order valence-corrected chi connectivity index (χ2v) is 6.18. The van der Waals surface area contributed by atoms with Gasteiger partial charge in [-0.25, -0.2) is 0 Å². The van der Waals surface area contributed by atoms with Crippen LogP contribution in [0, 0.1) is 6.92 Å². The van der Waals surface area contributed by atoms with Crippen molar-refractivity contribution in [3.05, 3.63) is 35.4 Å². The molecule has 2 nitrogen and oxygen atoms in total. The third-order valence-corrected chi connectivity index (χ3v) is 4.48. The van der Waals surface area contributed by atoms with E-state index in [4.69, 9.17) is 11.6 Å². The summed E-state index contributed by atoms with van der Waals surface area (Å²) in [5.41, 5.74) is 3.59. The lowest BCUT2D eigenvalue weighted by atomic mass is 9.90. The molecule has 0 radical (unpaired) electrons. The fraction of sp³-hybridized carbons (Fsp3) is 0.375. The van der Waals surface area contributed by atoms with Crippen molar-refractivity contribution in [2.75, 3.05) is 18.5 Å². The van der Waals surface area contributed by atoms with Crippen molar-refractivity contribution in [2.24, 2.45) is 0 Å². The number of alkyl halides is 1. The van der Waals surface area contributed by atoms with Crippen LogP contribution < -0.4 is 4.90 Å². The van der Waals surface area contributed by atoms with Crippen LogP contribution in [0.4, 0.5) is 5.69 Å². The summed E-state index contributed by atoms with van der Waals surface area (Å²) in [5.74, 6) is 0.665. The molecule has 1 N–H and O–H groups in total. The Morgan fingerprint density at radius 2 is 2.16 bits per heavy atom. The Morgan fingerprint density at radius 1 is 1.42 bits per heavy atom. The smallest absolute Gasteiger partial charge is 0.125 e. The van der Waals surface area contributed by atoms with Crippen LogP contribution in [0.3, 0.4) is 0 Å². The van der Waals surface area contributed by atoms with E-state index in [1.807, 2.05) is 25.1 Å². The molecule has 1 heterocycles. The minimum absolute atomic E-state index is 0.0797. The summed E-state index contributed by atoms with van der Waals surface area (Å²) in [5, 5.41) is 12.4. The quantitative estimate of drug-likeness (QED) is 0.795. The van der Waals surface area contributed by atoms with Crippen LogP contribution in [-0.4, -0.2) is 24.1 Å². The third kappa shape index (κ3) is 1.78. The second-order valence-electron chi connectivity index (χ2n) is 5.49. The highest BCUT2D eigenvalue weighted by molar-refractivity contribution is 6.21. The molecule has 0 amide bonds. The normalized spacial score (nSPS) is 19.8. The van der Waals surface area contributed by atoms with E-state index in [-0.39, 0.29) is 5.38 Å². The van der Waals surface area contributed by atoms with Gasteiger partial charge in [0.25, 0.3) is 0 Å². The van der Waals surface area contributed by atoms with Gasteiger partial charge in [-0.3, -0.25) is 0 Å². The average Bonchev–Trinajstić information content (AvgIpc) is 2.68. The Labute approximate surface area is 118 Å². The number of rotatable bonds is 1. The largest absolute Gasteiger partial charge is 0.507 e. The maximum atomic E-state index is 10.2. The first-order chi connectivity index (χ1) is 9.00. The molecule has 0 bridgehead atoms. The van der Waals surface area contributed by atoms with Gasteiger partial charge < -0.3 is 10.0 Å². The lowest BCUT2D eigenvalue weighted by molar-refractivity contribution is 0.481. The van der Waals surface area contributed by atoms with Gasteiger partial charge in [-0.1, -0.05) is 18.2 Å². The highest BCUT2D eigenvalue weighted by Crippen LogP contribution is 2.47. The molecule has 19 heavy (non-hydrogen) atoms. The summed E-state index contributed by atoms with van der Waals surface area (Å²) >= 11 is 6.38. The van der Waals surface area contributed by atoms with E-state index >= 15 is 0 Å². The predicted molar refractivity (Wildman–Crippen MR) is 81.7 cm³/mol. The van der Waals surface area contributed by atoms with E-state index in [0.717, 1.165) is 17.6 Å². The van der Waals surface area contributed by atoms with Crippen molar-refractivity contribution < 1.29 is 5.11 Å². The predicted octanol–water partition coefficient (Wildman–Crippen LogP) is 4.01. The molecule has 0 spiro atoms. The number of hydrogen-bond acceptors (Lipinski definition) is 2. The lowest BCUT2D eigenvalue weighted by Gasteiger charge is -2.17. The molecule has 2 aromatic rings. The van der Waals surface area contributed by atoms with Gasteiger partial charge >= 0.3 is 0 Å². The first kappa shape index (κ1) is 12.6. The zero-order chi connectivity index (χ0) is 13.7. The topological polar surface area (TPSA) is 23.5 Å². The molecule has 2 unspecified atom stereocenters. The molecule has 3 rings (SSSR count). The molecule has 0 fully saturated rings. The monoisotopic (exact) mass is 275 g/mol. The van der Waals surface area contributed by atoms with Gasteiger partial charge in [0.1, 0.15) is 5.75 Å². The van der Waals surface area contributed by atoms with Crippen LogP contribution in [0.25, 0.3) is 10.8 Å². The van der Waals surface area contributed by atoms with Gasteiger partial charge in [-0.15, -0.1) is 11.6 Å². The van der Waals surface area contributed by atoms with Crippen LogP contribution in [0.1, 0.15) is 24.0 Å². The molecule has 1 aliphatic rings. The number of phenolic OH excluding ortho intramolecular Hbond substituents is 1. The Hall–Kier alpha value is -1.41. The maximum absolute atomic E-state index is 10.2. The van der Waals surface area contributed by atoms with Crippen molar-refractivity contribution in [1.29, 1.82) is 0 Å². The Balaban J connectivity index is 2.42. The van der Waals surface area contributed by atoms with E-state index in [1.54, 1.807) is 0 Å². The van der Waals surface area contributed by atoms with Crippen molar-refractivity contribution in [2.45, 2.75) is 25.1 Å². The minimum Gasteiger partial charge on any atom is -0.507 e. The molecule has 1 aliphatic heterocycles. The number of nitrogens with zero attached hydrogens (tertiary/aromatic N) is 1. The standard InChI is InChI=1S/C16H18ClNO/c1-9-5-4-6-11-14(19)7-13-16(15(9)11)12(10(2)17)8-18(13)3/h4-7,10,12,19H,8H2,1-3H3. The van der Waals surface area contributed by atoms with Crippen molar-refractivity contribution in [3.63, 3.8) is 0 Å². The fourth-order valence-electron chi connectivity index (χ4n) is 3.20. The van der Waals surface area contributed by atoms with Crippen LogP contribution in [0.5, 0.6) is 5.75 Å². The molecule has 2 aromatic carbocycles. The van der Waals surface area contributed by atoms with E-state index in [2.05, 4.69) is 24.9 Å². The number of aryl methyl sites for hydroxylation is 1. The summed E-state index contributed by atoms with van der Waals surface area (Å²) in [7, 11) is 2.06. The molecule has 0 saturated heterocycles. The molecule has 2 atom stereocenters. The number of hydrogen-bond donors (Lipinski definition) is 1. The number of aromatic hydroxyl groups is 1. The second kappa shape index (κ2) is 4.31. The summed E-state index contributed by atoms with van der Waals surface area (Å²) in [6.07, 6.45) is 0. The number of benzene rings is 2. The van der Waals surface area contributed by atoms with Gasteiger partial charge in [0.15, 0.2) is 0 Å². The third-order valence-electron chi connectivity index (χ3n) is 4.17. The van der Waals surface area contributed by atoms with Crippen LogP contribution in [0.15, 0.2) is 24.3 Å². The van der Waals surface area contributed by atoms with E-state index in [9.17, 15) is 5.11 Å². The number of halogens is 1. The highest BCUT2D eigenvalue weighted by atomic mass is 35.5. The van der Waals surface area contributed by atoms with E-state index in [1.165, 1.54) is 16.5 Å². The van der Waals surface area contributed by atoms with Gasteiger partial charge in [0, 0.05) is 42.0 Å². The number of fused-ring (bicyclic) bond motifs is 3. The van der Waals surface area contributed by atoms with Crippen LogP contribution in [-0.2, 0) is 0 Å². The van der Waals surface area contributed by atoms with Gasteiger partial charge in [0.2, 0.25) is 0 Å². The number of phenols is 1. The Morgan fingerprint density at radius 3 is 2.84 bits per heavy atom. The zero-order valence-electron chi connectivity index (χ0n) is 11.4. The lowest BCUT2D eigenvalue weighted by Crippen LogP contribution is -2.19. The molecule has 100 valence electrons. The minimum atomic E-state index is 0.0797.